The number of allylic oxidation sites excluding steroid dienone is 1. The summed E-state index contributed by atoms with van der Waals surface area (Å²) in [5.41, 5.74) is 5.68. The molecule has 1 fully saturated rings. The number of pyridine rings is 1. The maximum Gasteiger partial charge on any atom is 0.125 e. The van der Waals surface area contributed by atoms with E-state index in [0.29, 0.717) is 11.1 Å². The van der Waals surface area contributed by atoms with Gasteiger partial charge in [0.2, 0.25) is 0 Å². The minimum absolute atomic E-state index is 0.336. The van der Waals surface area contributed by atoms with Crippen LogP contribution in [0.3, 0.4) is 0 Å². The zero-order valence-electron chi connectivity index (χ0n) is 16.1. The van der Waals surface area contributed by atoms with Crippen LogP contribution in [0, 0.1) is 5.82 Å². The van der Waals surface area contributed by atoms with Gasteiger partial charge in [0, 0.05) is 28.2 Å². The molecule has 0 bridgehead atoms. The standard InChI is InChI=1S/C24H24ClFN2/c1-15(2)22-14-27-23-9-8-16(17-10-18(25)13-19(26)11-17)12-21(23)24(22)28-20-6-4-3-5-7-20/h8-14,20H,1,3-7H2,2H3,(H,27,28). The third-order valence-corrected chi connectivity index (χ3v) is 5.70. The van der Waals surface area contributed by atoms with Gasteiger partial charge < -0.3 is 5.32 Å². The summed E-state index contributed by atoms with van der Waals surface area (Å²) in [7, 11) is 0. The van der Waals surface area contributed by atoms with Crippen LogP contribution in [0.5, 0.6) is 0 Å². The minimum atomic E-state index is -0.336. The highest BCUT2D eigenvalue weighted by atomic mass is 35.5. The van der Waals surface area contributed by atoms with E-state index in [1.807, 2.05) is 25.3 Å². The second-order valence-electron chi connectivity index (χ2n) is 7.70. The lowest BCUT2D eigenvalue weighted by Crippen LogP contribution is -2.23. The Bertz CT molecular complexity index is 1020. The predicted molar refractivity (Wildman–Crippen MR) is 117 cm³/mol. The molecule has 1 N–H and O–H groups in total. The normalized spacial score (nSPS) is 15.0. The van der Waals surface area contributed by atoms with Crippen molar-refractivity contribution in [1.82, 2.24) is 4.98 Å². The summed E-state index contributed by atoms with van der Waals surface area (Å²) >= 11 is 6.07. The molecule has 3 aromatic rings. The van der Waals surface area contributed by atoms with Crippen LogP contribution in [-0.4, -0.2) is 11.0 Å². The van der Waals surface area contributed by atoms with E-state index in [1.165, 1.54) is 44.2 Å². The Hall–Kier alpha value is -2.39. The molecule has 2 nitrogen and oxygen atoms in total. The minimum Gasteiger partial charge on any atom is -0.381 e. The van der Waals surface area contributed by atoms with Crippen molar-refractivity contribution in [3.63, 3.8) is 0 Å². The molecule has 4 rings (SSSR count). The average Bonchev–Trinajstić information content (AvgIpc) is 2.67. The third-order valence-electron chi connectivity index (χ3n) is 5.48. The average molecular weight is 395 g/mol. The fourth-order valence-electron chi connectivity index (χ4n) is 4.02. The van der Waals surface area contributed by atoms with Gasteiger partial charge in [0.05, 0.1) is 11.2 Å². The Kier molecular flexibility index (Phi) is 5.36. The van der Waals surface area contributed by atoms with E-state index in [2.05, 4.69) is 22.9 Å². The van der Waals surface area contributed by atoms with Crippen molar-refractivity contribution in [2.24, 2.45) is 0 Å². The van der Waals surface area contributed by atoms with Crippen molar-refractivity contribution in [3.8, 4) is 11.1 Å². The molecular weight excluding hydrogens is 371 g/mol. The Morgan fingerprint density at radius 2 is 1.89 bits per heavy atom. The van der Waals surface area contributed by atoms with Crippen molar-refractivity contribution in [2.45, 2.75) is 45.1 Å². The first-order valence-electron chi connectivity index (χ1n) is 9.83. The number of hydrogen-bond donors (Lipinski definition) is 1. The molecule has 1 heterocycles. The molecule has 4 heteroatoms. The molecule has 144 valence electrons. The lowest BCUT2D eigenvalue weighted by molar-refractivity contribution is 0.463. The van der Waals surface area contributed by atoms with Crippen molar-refractivity contribution in [1.29, 1.82) is 0 Å². The van der Waals surface area contributed by atoms with Crippen LogP contribution in [0.2, 0.25) is 5.02 Å². The molecule has 0 unspecified atom stereocenters. The number of nitrogens with one attached hydrogen (secondary N) is 1. The monoisotopic (exact) mass is 394 g/mol. The number of fused-ring (bicyclic) bond motifs is 1. The van der Waals surface area contributed by atoms with Gasteiger partial charge in [-0.05, 0) is 66.8 Å². The third kappa shape index (κ3) is 3.90. The number of benzene rings is 2. The molecule has 0 saturated heterocycles. The molecule has 28 heavy (non-hydrogen) atoms. The van der Waals surface area contributed by atoms with E-state index >= 15 is 0 Å². The van der Waals surface area contributed by atoms with E-state index < -0.39 is 0 Å². The van der Waals surface area contributed by atoms with E-state index in [-0.39, 0.29) is 5.82 Å². The Morgan fingerprint density at radius 1 is 1.11 bits per heavy atom. The number of rotatable bonds is 4. The van der Waals surface area contributed by atoms with Gasteiger partial charge in [-0.1, -0.05) is 43.5 Å². The first-order chi connectivity index (χ1) is 13.5. The van der Waals surface area contributed by atoms with Gasteiger partial charge in [-0.15, -0.1) is 0 Å². The molecule has 2 aromatic carbocycles. The smallest absolute Gasteiger partial charge is 0.125 e. The van der Waals surface area contributed by atoms with Crippen LogP contribution < -0.4 is 5.32 Å². The van der Waals surface area contributed by atoms with Gasteiger partial charge in [0.15, 0.2) is 0 Å². The first kappa shape index (κ1) is 18.9. The van der Waals surface area contributed by atoms with Crippen LogP contribution >= 0.6 is 11.6 Å². The number of halogens is 2. The van der Waals surface area contributed by atoms with Crippen LogP contribution in [0.1, 0.15) is 44.6 Å². The molecule has 0 atom stereocenters. The highest BCUT2D eigenvalue weighted by Crippen LogP contribution is 2.35. The van der Waals surface area contributed by atoms with Crippen LogP contribution in [-0.2, 0) is 0 Å². The molecule has 0 radical (unpaired) electrons. The molecule has 0 spiro atoms. The quantitative estimate of drug-likeness (QED) is 0.496. The van der Waals surface area contributed by atoms with Crippen molar-refractivity contribution in [2.75, 3.05) is 5.32 Å². The van der Waals surface area contributed by atoms with Gasteiger partial charge in [0.25, 0.3) is 0 Å². The maximum atomic E-state index is 13.9. The number of hydrogen-bond acceptors (Lipinski definition) is 2. The van der Waals surface area contributed by atoms with Crippen LogP contribution in [0.15, 0.2) is 49.2 Å². The highest BCUT2D eigenvalue weighted by molar-refractivity contribution is 6.30. The van der Waals surface area contributed by atoms with Crippen molar-refractivity contribution < 1.29 is 4.39 Å². The van der Waals surface area contributed by atoms with E-state index in [9.17, 15) is 4.39 Å². The Balaban J connectivity index is 1.85. The maximum absolute atomic E-state index is 13.9. The molecular formula is C24H24ClFN2. The molecule has 1 saturated carbocycles. The van der Waals surface area contributed by atoms with E-state index in [1.54, 1.807) is 6.07 Å². The Labute approximate surface area is 170 Å². The van der Waals surface area contributed by atoms with E-state index in [4.69, 9.17) is 11.6 Å². The van der Waals surface area contributed by atoms with Crippen molar-refractivity contribution >= 4 is 33.8 Å². The number of aromatic nitrogens is 1. The van der Waals surface area contributed by atoms with Crippen molar-refractivity contribution in [3.05, 3.63) is 65.6 Å². The second kappa shape index (κ2) is 7.92. The molecule has 0 amide bonds. The molecule has 1 aliphatic rings. The van der Waals surface area contributed by atoms with Gasteiger partial charge in [-0.3, -0.25) is 4.98 Å². The van der Waals surface area contributed by atoms with Crippen LogP contribution in [0.4, 0.5) is 10.1 Å². The second-order valence-corrected chi connectivity index (χ2v) is 8.13. The number of anilines is 1. The van der Waals surface area contributed by atoms with Gasteiger partial charge in [0.1, 0.15) is 5.82 Å². The summed E-state index contributed by atoms with van der Waals surface area (Å²) in [6.45, 7) is 6.15. The zero-order valence-corrected chi connectivity index (χ0v) is 16.8. The predicted octanol–water partition coefficient (Wildman–Crippen LogP) is 7.47. The summed E-state index contributed by atoms with van der Waals surface area (Å²) in [6, 6.07) is 11.1. The fourth-order valence-corrected chi connectivity index (χ4v) is 4.24. The molecule has 0 aliphatic heterocycles. The SMILES string of the molecule is C=C(C)c1cnc2ccc(-c3cc(F)cc(Cl)c3)cc2c1NC1CCCCC1. The lowest BCUT2D eigenvalue weighted by atomic mass is 9.94. The van der Waals surface area contributed by atoms with E-state index in [0.717, 1.165) is 38.9 Å². The summed E-state index contributed by atoms with van der Waals surface area (Å²) in [6.07, 6.45) is 8.09. The molecule has 1 aliphatic carbocycles. The zero-order chi connectivity index (χ0) is 19.7. The van der Waals surface area contributed by atoms with Gasteiger partial charge >= 0.3 is 0 Å². The first-order valence-corrected chi connectivity index (χ1v) is 10.2. The lowest BCUT2D eigenvalue weighted by Gasteiger charge is -2.26. The topological polar surface area (TPSA) is 24.9 Å². The molecule has 1 aromatic heterocycles. The number of nitrogens with zero attached hydrogens (tertiary/aromatic N) is 1. The summed E-state index contributed by atoms with van der Waals surface area (Å²) in [5.74, 6) is -0.336. The fraction of sp³-hybridized carbons (Fsp3) is 0.292. The summed E-state index contributed by atoms with van der Waals surface area (Å²) < 4.78 is 13.9. The van der Waals surface area contributed by atoms with Crippen LogP contribution in [0.25, 0.3) is 27.6 Å². The largest absolute Gasteiger partial charge is 0.381 e. The Morgan fingerprint density at radius 3 is 2.61 bits per heavy atom. The summed E-state index contributed by atoms with van der Waals surface area (Å²) in [5, 5.41) is 5.20. The van der Waals surface area contributed by atoms with Gasteiger partial charge in [-0.25, -0.2) is 4.39 Å². The van der Waals surface area contributed by atoms with Gasteiger partial charge in [-0.2, -0.15) is 0 Å². The summed E-state index contributed by atoms with van der Waals surface area (Å²) in [4.78, 5) is 4.63. The highest BCUT2D eigenvalue weighted by Gasteiger charge is 2.18.